The minimum absolute atomic E-state index is 1.58. The van der Waals surface area contributed by atoms with Crippen molar-refractivity contribution in [3.05, 3.63) is 10.4 Å². The zero-order valence-corrected chi connectivity index (χ0v) is 3.62. The molecule has 0 aromatic heterocycles. The third-order valence-electron chi connectivity index (χ3n) is 0. The summed E-state index contributed by atoms with van der Waals surface area (Å²) in [6.45, 7) is 0. The average molecular weight is 102 g/mol. The third-order valence-corrected chi connectivity index (χ3v) is 0. The first kappa shape index (κ1) is 8.92. The standard InChI is InChI=1S/CHNS.HN3/c2-1-3;1-3-2/h2H;1H. The molecule has 0 amide bonds. The second kappa shape index (κ2) is 32.3. The van der Waals surface area contributed by atoms with E-state index < -0.39 is 0 Å². The van der Waals surface area contributed by atoms with Gasteiger partial charge >= 0.3 is 0 Å². The minimum atomic E-state index is 1.58. The second-order valence-corrected chi connectivity index (χ2v) is 0.406. The molecule has 4 nitrogen and oxygen atoms in total. The minimum Gasteiger partial charge on any atom is -0.248 e. The van der Waals surface area contributed by atoms with E-state index >= 15 is 0 Å². The third kappa shape index (κ3) is 17.5. The van der Waals surface area contributed by atoms with Gasteiger partial charge in [0.05, 0.1) is 5.16 Å². The molecule has 32 valence electrons. The Hall–Kier alpha value is -0.890. The van der Waals surface area contributed by atoms with Gasteiger partial charge in [-0.1, -0.05) is 0 Å². The van der Waals surface area contributed by atoms with Crippen LogP contribution in [0.3, 0.4) is 0 Å². The van der Waals surface area contributed by atoms with Gasteiger partial charge in [0, 0.05) is 0 Å². The second-order valence-electron chi connectivity index (χ2n) is 0.202. The fourth-order valence-corrected chi connectivity index (χ4v) is 0. The zero-order chi connectivity index (χ0) is 5.41. The molecule has 0 spiro atoms. The summed E-state index contributed by atoms with van der Waals surface area (Å²) < 4.78 is 0. The number of nitrogens with one attached hydrogen (secondary N) is 2. The van der Waals surface area contributed by atoms with Gasteiger partial charge in [-0.2, -0.15) is 0 Å². The summed E-state index contributed by atoms with van der Waals surface area (Å²) >= 11 is 3.81. The molecule has 0 saturated heterocycles. The molecule has 0 fully saturated rings. The van der Waals surface area contributed by atoms with Gasteiger partial charge in [0.1, 0.15) is 0 Å². The molecule has 5 heteroatoms. The van der Waals surface area contributed by atoms with E-state index in [1.807, 2.05) is 0 Å². The van der Waals surface area contributed by atoms with Gasteiger partial charge in [0.15, 0.2) is 0 Å². The van der Waals surface area contributed by atoms with E-state index in [4.69, 9.17) is 16.5 Å². The van der Waals surface area contributed by atoms with Gasteiger partial charge in [0.2, 0.25) is 0 Å². The topological polar surface area (TPSA) is 84.1 Å². The summed E-state index contributed by atoms with van der Waals surface area (Å²) in [5.41, 5.74) is 12.2. The van der Waals surface area contributed by atoms with Gasteiger partial charge < -0.3 is 0 Å². The van der Waals surface area contributed by atoms with E-state index in [0.717, 1.165) is 0 Å². The van der Waals surface area contributed by atoms with Crippen LogP contribution in [0.2, 0.25) is 0 Å². The number of hydrogen-bond donors (Lipinski definition) is 2. The Morgan fingerprint density at radius 1 is 1.83 bits per heavy atom. The van der Waals surface area contributed by atoms with Crippen LogP contribution in [0, 0.1) is 10.9 Å². The summed E-state index contributed by atoms with van der Waals surface area (Å²) in [4.78, 5) is 1.75. The van der Waals surface area contributed by atoms with Gasteiger partial charge in [-0.05, 0) is 22.7 Å². The normalized spacial score (nSPS) is 2.67. The predicted molar refractivity (Wildman–Crippen MR) is 24.8 cm³/mol. The molecule has 0 radical (unpaired) electrons. The van der Waals surface area contributed by atoms with Crippen molar-refractivity contribution in [1.29, 1.82) is 10.9 Å². The van der Waals surface area contributed by atoms with E-state index in [1.165, 1.54) is 0 Å². The summed E-state index contributed by atoms with van der Waals surface area (Å²) in [5.74, 6) is 0. The molecule has 0 atom stereocenters. The Bertz CT molecular complexity index is 61.5. The van der Waals surface area contributed by atoms with Crippen LogP contribution in [0.15, 0.2) is 0 Å². The molecule has 0 aromatic carbocycles. The predicted octanol–water partition coefficient (Wildman–Crippen LogP) is 1.54. The lowest BCUT2D eigenvalue weighted by atomic mass is 11.8. The average Bonchev–Trinajstić information content (AvgIpc) is 1.39. The van der Waals surface area contributed by atoms with Gasteiger partial charge in [-0.3, -0.25) is 0 Å². The highest BCUT2D eigenvalue weighted by molar-refractivity contribution is 7.78. The molecule has 2 N–H and O–H groups in total. The van der Waals surface area contributed by atoms with Crippen LogP contribution in [0.25, 0.3) is 10.4 Å². The van der Waals surface area contributed by atoms with Gasteiger partial charge in [-0.25, -0.2) is 5.41 Å². The molecular weight excluding hydrogens is 100 g/mol. The van der Waals surface area contributed by atoms with E-state index in [0.29, 0.717) is 0 Å². The van der Waals surface area contributed by atoms with Crippen LogP contribution in [0.5, 0.6) is 0 Å². The number of rotatable bonds is 0. The maximum Gasteiger partial charge on any atom is 0.0554 e. The quantitative estimate of drug-likeness (QED) is 0.157. The summed E-state index contributed by atoms with van der Waals surface area (Å²) in [6, 6.07) is 0. The highest BCUT2D eigenvalue weighted by atomic mass is 32.1. The Balaban J connectivity index is 0. The molecule has 0 bridgehead atoms. The SMILES string of the molecule is N=C=S.[N-]=[N+]=N. The van der Waals surface area contributed by atoms with E-state index in [-0.39, 0.29) is 0 Å². The molecular formula is CH2N4S. The molecule has 6 heavy (non-hydrogen) atoms. The largest absolute Gasteiger partial charge is 0.248 e. The number of thiocarbonyl (C=S) groups is 1. The first-order valence-corrected chi connectivity index (χ1v) is 1.29. The zero-order valence-electron chi connectivity index (χ0n) is 2.80. The lowest BCUT2D eigenvalue weighted by Gasteiger charge is -1.05. The van der Waals surface area contributed by atoms with Crippen LogP contribution in [0.4, 0.5) is 0 Å². The first-order valence-electron chi connectivity index (χ1n) is 0.878. The van der Waals surface area contributed by atoms with Crippen LogP contribution >= 0.6 is 12.2 Å². The Morgan fingerprint density at radius 3 is 1.83 bits per heavy atom. The molecule has 0 rings (SSSR count). The summed E-state index contributed by atoms with van der Waals surface area (Å²) in [7, 11) is 0. The number of nitrogens with zero attached hydrogens (tertiary/aromatic N) is 2. The fourth-order valence-electron chi connectivity index (χ4n) is 0. The van der Waals surface area contributed by atoms with Gasteiger partial charge in [-0.15, -0.1) is 5.53 Å². The molecule has 0 unspecified atom stereocenters. The fraction of sp³-hybridized carbons (Fsp3) is 0. The van der Waals surface area contributed by atoms with E-state index in [1.54, 1.807) is 10.1 Å². The maximum absolute atomic E-state index is 6.86. The van der Waals surface area contributed by atoms with Gasteiger partial charge in [0.25, 0.3) is 0 Å². The molecule has 0 saturated carbocycles. The van der Waals surface area contributed by atoms with Crippen molar-refractivity contribution in [2.24, 2.45) is 0 Å². The lowest BCUT2D eigenvalue weighted by molar-refractivity contribution is 1.45. The molecule has 0 aromatic rings. The Morgan fingerprint density at radius 2 is 1.83 bits per heavy atom. The summed E-state index contributed by atoms with van der Waals surface area (Å²) in [5, 5.41) is 7.36. The maximum atomic E-state index is 6.86. The Kier molecular flexibility index (Phi) is 48.0. The van der Waals surface area contributed by atoms with Crippen molar-refractivity contribution in [1.82, 2.24) is 0 Å². The van der Waals surface area contributed by atoms with Crippen molar-refractivity contribution >= 4 is 17.4 Å². The number of hydrogen-bond acceptors (Lipinski definition) is 3. The molecule has 0 aliphatic heterocycles. The van der Waals surface area contributed by atoms with Crippen molar-refractivity contribution in [3.8, 4) is 0 Å². The Labute approximate surface area is 39.7 Å². The smallest absolute Gasteiger partial charge is 0.0554 e. The molecule has 0 heterocycles. The van der Waals surface area contributed by atoms with Crippen molar-refractivity contribution in [3.63, 3.8) is 0 Å². The number of isothiocyanates is 1. The van der Waals surface area contributed by atoms with Crippen molar-refractivity contribution in [2.45, 2.75) is 0 Å². The highest BCUT2D eigenvalue weighted by Gasteiger charge is 0.977. The molecule has 0 aliphatic carbocycles. The van der Waals surface area contributed by atoms with Crippen LogP contribution in [-0.2, 0) is 0 Å². The van der Waals surface area contributed by atoms with Crippen LogP contribution in [-0.4, -0.2) is 5.16 Å². The molecule has 0 aliphatic rings. The first-order chi connectivity index (χ1) is 2.83. The monoisotopic (exact) mass is 102 g/mol. The van der Waals surface area contributed by atoms with Crippen molar-refractivity contribution < 1.29 is 0 Å². The van der Waals surface area contributed by atoms with Crippen LogP contribution < -0.4 is 0 Å². The van der Waals surface area contributed by atoms with E-state index in [2.05, 4.69) is 12.2 Å². The van der Waals surface area contributed by atoms with Crippen molar-refractivity contribution in [2.75, 3.05) is 0 Å². The highest BCUT2D eigenvalue weighted by Crippen LogP contribution is 1.24. The van der Waals surface area contributed by atoms with E-state index in [9.17, 15) is 0 Å². The summed E-state index contributed by atoms with van der Waals surface area (Å²) in [6.07, 6.45) is 0. The van der Waals surface area contributed by atoms with Crippen LogP contribution in [0.1, 0.15) is 0 Å². The lowest BCUT2D eigenvalue weighted by Crippen LogP contribution is -1.03.